The molecule has 0 aromatic heterocycles. The molecule has 20 heavy (non-hydrogen) atoms. The van der Waals surface area contributed by atoms with E-state index in [1.165, 1.54) is 6.07 Å². The Balaban J connectivity index is 2.25. The first-order chi connectivity index (χ1) is 9.52. The molecule has 1 fully saturated rings. The summed E-state index contributed by atoms with van der Waals surface area (Å²) in [7, 11) is 0. The van der Waals surface area contributed by atoms with Gasteiger partial charge in [0.15, 0.2) is 0 Å². The number of hydrogen-bond acceptors (Lipinski definition) is 4. The molecule has 2 rings (SSSR count). The van der Waals surface area contributed by atoms with Crippen molar-refractivity contribution in [1.82, 2.24) is 10.2 Å². The van der Waals surface area contributed by atoms with Gasteiger partial charge in [-0.05, 0) is 18.1 Å². The van der Waals surface area contributed by atoms with Crippen molar-refractivity contribution >= 4 is 17.8 Å². The van der Waals surface area contributed by atoms with E-state index in [9.17, 15) is 14.4 Å². The zero-order chi connectivity index (χ0) is 14.7. The molecule has 2 N–H and O–H groups in total. The van der Waals surface area contributed by atoms with Crippen molar-refractivity contribution in [1.29, 1.82) is 0 Å². The molecule has 0 aliphatic carbocycles. The lowest BCUT2D eigenvalue weighted by Gasteiger charge is -2.33. The van der Waals surface area contributed by atoms with E-state index in [0.717, 1.165) is 0 Å². The molecule has 6 nitrogen and oxygen atoms in total. The predicted octanol–water partition coefficient (Wildman–Crippen LogP) is 0.622. The van der Waals surface area contributed by atoms with Crippen LogP contribution >= 0.6 is 0 Å². The summed E-state index contributed by atoms with van der Waals surface area (Å²) in [6.07, 6.45) is 0.564. The van der Waals surface area contributed by atoms with Gasteiger partial charge in [-0.15, -0.1) is 0 Å². The van der Waals surface area contributed by atoms with Gasteiger partial charge in [-0.3, -0.25) is 19.8 Å². The first kappa shape index (κ1) is 14.2. The molecular formula is C14H16N2O4. The molecule has 1 saturated heterocycles. The Labute approximate surface area is 116 Å². The maximum absolute atomic E-state index is 11.8. The third kappa shape index (κ3) is 2.85. The highest BCUT2D eigenvalue weighted by molar-refractivity contribution is 6.01. The number of rotatable bonds is 4. The molecular weight excluding hydrogens is 260 g/mol. The highest BCUT2D eigenvalue weighted by Gasteiger charge is 2.32. The second-order valence-electron chi connectivity index (χ2n) is 4.70. The lowest BCUT2D eigenvalue weighted by molar-refractivity contribution is -0.140. The molecule has 6 heteroatoms. The standard InChI is InChI=1S/C14H16N2O4/c1-2-11-13(18)15-12(17)8-16(11)7-9-5-3-4-6-10(9)14(19)20/h3-6,11H,2,7-8H2,1H3,(H,19,20)(H,15,17,18). The molecule has 1 aromatic rings. The van der Waals surface area contributed by atoms with Gasteiger partial charge < -0.3 is 5.11 Å². The van der Waals surface area contributed by atoms with Gasteiger partial charge >= 0.3 is 5.97 Å². The van der Waals surface area contributed by atoms with Gasteiger partial charge in [0.05, 0.1) is 18.2 Å². The summed E-state index contributed by atoms with van der Waals surface area (Å²) in [4.78, 5) is 36.1. The number of carbonyl (C=O) groups excluding carboxylic acids is 2. The molecule has 2 amide bonds. The lowest BCUT2D eigenvalue weighted by Crippen LogP contribution is -2.57. The second-order valence-corrected chi connectivity index (χ2v) is 4.70. The summed E-state index contributed by atoms with van der Waals surface area (Å²) >= 11 is 0. The van der Waals surface area contributed by atoms with Crippen molar-refractivity contribution in [3.63, 3.8) is 0 Å². The monoisotopic (exact) mass is 276 g/mol. The fourth-order valence-corrected chi connectivity index (χ4v) is 2.42. The first-order valence-electron chi connectivity index (χ1n) is 6.42. The number of nitrogens with one attached hydrogen (secondary N) is 1. The van der Waals surface area contributed by atoms with Gasteiger partial charge in [0, 0.05) is 6.54 Å². The van der Waals surface area contributed by atoms with Crippen LogP contribution in [0.5, 0.6) is 0 Å². The number of nitrogens with zero attached hydrogens (tertiary/aromatic N) is 1. The zero-order valence-corrected chi connectivity index (χ0v) is 11.1. The van der Waals surface area contributed by atoms with Crippen LogP contribution in [-0.2, 0) is 16.1 Å². The Bertz CT molecular complexity index is 556. The Morgan fingerprint density at radius 2 is 2.10 bits per heavy atom. The average Bonchev–Trinajstić information content (AvgIpc) is 2.38. The van der Waals surface area contributed by atoms with E-state index in [1.807, 2.05) is 6.92 Å². The highest BCUT2D eigenvalue weighted by atomic mass is 16.4. The fourth-order valence-electron chi connectivity index (χ4n) is 2.42. The molecule has 0 radical (unpaired) electrons. The lowest BCUT2D eigenvalue weighted by atomic mass is 10.0. The van der Waals surface area contributed by atoms with E-state index < -0.39 is 12.0 Å². The molecule has 1 atom stereocenters. The third-order valence-electron chi connectivity index (χ3n) is 3.36. The van der Waals surface area contributed by atoms with E-state index in [1.54, 1.807) is 23.1 Å². The molecule has 106 valence electrons. The summed E-state index contributed by atoms with van der Waals surface area (Å²) in [5.74, 6) is -1.69. The van der Waals surface area contributed by atoms with Crippen LogP contribution in [0.2, 0.25) is 0 Å². The number of imide groups is 1. The fraction of sp³-hybridized carbons (Fsp3) is 0.357. The topological polar surface area (TPSA) is 86.7 Å². The largest absolute Gasteiger partial charge is 0.478 e. The smallest absolute Gasteiger partial charge is 0.336 e. The maximum atomic E-state index is 11.8. The number of benzene rings is 1. The first-order valence-corrected chi connectivity index (χ1v) is 6.42. The molecule has 1 heterocycles. The van der Waals surface area contributed by atoms with Crippen LogP contribution in [0.4, 0.5) is 0 Å². The average molecular weight is 276 g/mol. The van der Waals surface area contributed by atoms with Crippen molar-refractivity contribution in [2.75, 3.05) is 6.54 Å². The van der Waals surface area contributed by atoms with Crippen LogP contribution in [-0.4, -0.2) is 40.4 Å². The van der Waals surface area contributed by atoms with E-state index in [2.05, 4.69) is 5.32 Å². The quantitative estimate of drug-likeness (QED) is 0.787. The van der Waals surface area contributed by atoms with Gasteiger partial charge in [0.1, 0.15) is 0 Å². The van der Waals surface area contributed by atoms with Crippen LogP contribution in [0.3, 0.4) is 0 Å². The van der Waals surface area contributed by atoms with Crippen LogP contribution in [0, 0.1) is 0 Å². The summed E-state index contributed by atoms with van der Waals surface area (Å²) in [6.45, 7) is 2.22. The van der Waals surface area contributed by atoms with Crippen LogP contribution in [0.15, 0.2) is 24.3 Å². The second kappa shape index (κ2) is 5.83. The van der Waals surface area contributed by atoms with Gasteiger partial charge in [-0.25, -0.2) is 4.79 Å². The molecule has 1 aliphatic rings. The molecule has 0 saturated carbocycles. The summed E-state index contributed by atoms with van der Waals surface area (Å²) in [5.41, 5.74) is 0.793. The summed E-state index contributed by atoms with van der Waals surface area (Å²) in [5, 5.41) is 11.5. The zero-order valence-electron chi connectivity index (χ0n) is 11.1. The molecule has 1 aliphatic heterocycles. The van der Waals surface area contributed by atoms with Crippen LogP contribution in [0.1, 0.15) is 29.3 Å². The minimum atomic E-state index is -1.01. The summed E-state index contributed by atoms with van der Waals surface area (Å²) in [6, 6.07) is 6.21. The van der Waals surface area contributed by atoms with Crippen LogP contribution < -0.4 is 5.32 Å². The number of piperazine rings is 1. The Hall–Kier alpha value is -2.21. The Morgan fingerprint density at radius 1 is 1.40 bits per heavy atom. The van der Waals surface area contributed by atoms with Gasteiger partial charge in [-0.1, -0.05) is 25.1 Å². The molecule has 0 spiro atoms. The number of aromatic carboxylic acids is 1. The van der Waals surface area contributed by atoms with Crippen molar-refractivity contribution in [3.8, 4) is 0 Å². The normalized spacial score (nSPS) is 19.8. The van der Waals surface area contributed by atoms with Gasteiger partial charge in [0.2, 0.25) is 11.8 Å². The highest BCUT2D eigenvalue weighted by Crippen LogP contribution is 2.17. The van der Waals surface area contributed by atoms with E-state index in [-0.39, 0.29) is 30.5 Å². The Morgan fingerprint density at radius 3 is 2.75 bits per heavy atom. The minimum Gasteiger partial charge on any atom is -0.478 e. The van der Waals surface area contributed by atoms with E-state index in [4.69, 9.17) is 5.11 Å². The number of carboxylic acids is 1. The predicted molar refractivity (Wildman–Crippen MR) is 71.0 cm³/mol. The van der Waals surface area contributed by atoms with Gasteiger partial charge in [0.25, 0.3) is 0 Å². The maximum Gasteiger partial charge on any atom is 0.336 e. The molecule has 1 unspecified atom stereocenters. The van der Waals surface area contributed by atoms with E-state index in [0.29, 0.717) is 12.0 Å². The minimum absolute atomic E-state index is 0.0954. The van der Waals surface area contributed by atoms with E-state index >= 15 is 0 Å². The van der Waals surface area contributed by atoms with Crippen molar-refractivity contribution in [2.24, 2.45) is 0 Å². The molecule has 1 aromatic carbocycles. The van der Waals surface area contributed by atoms with Crippen LogP contribution in [0.25, 0.3) is 0 Å². The van der Waals surface area contributed by atoms with Crippen molar-refractivity contribution < 1.29 is 19.5 Å². The third-order valence-corrected chi connectivity index (χ3v) is 3.36. The number of carboxylic acid groups (broad SMARTS) is 1. The van der Waals surface area contributed by atoms with Crippen molar-refractivity contribution in [2.45, 2.75) is 25.9 Å². The SMILES string of the molecule is CCC1C(=O)NC(=O)CN1Cc1ccccc1C(=O)O. The number of carbonyl (C=O) groups is 3. The van der Waals surface area contributed by atoms with Gasteiger partial charge in [-0.2, -0.15) is 0 Å². The molecule has 0 bridgehead atoms. The number of hydrogen-bond donors (Lipinski definition) is 2. The van der Waals surface area contributed by atoms with Crippen molar-refractivity contribution in [3.05, 3.63) is 35.4 Å². The summed E-state index contributed by atoms with van der Waals surface area (Å²) < 4.78 is 0. The number of amides is 2. The Kier molecular flexibility index (Phi) is 4.14.